The number of carbonyl (C=O) groups is 1. The van der Waals surface area contributed by atoms with Gasteiger partial charge in [-0.05, 0) is 19.8 Å². The normalized spacial score (nSPS) is 20.5. The number of hydrogen-bond acceptors (Lipinski definition) is 5. The van der Waals surface area contributed by atoms with Crippen molar-refractivity contribution in [2.24, 2.45) is 0 Å². The van der Waals surface area contributed by atoms with Crippen LogP contribution in [-0.4, -0.2) is 24.2 Å². The van der Waals surface area contributed by atoms with Crippen LogP contribution in [0.3, 0.4) is 0 Å². The van der Waals surface area contributed by atoms with Crippen LogP contribution in [0.4, 0.5) is 0 Å². The van der Waals surface area contributed by atoms with Gasteiger partial charge in [0.2, 0.25) is 0 Å². The molecule has 1 aliphatic heterocycles. The summed E-state index contributed by atoms with van der Waals surface area (Å²) in [5.41, 5.74) is 0.396. The highest BCUT2D eigenvalue weighted by Gasteiger charge is 2.22. The van der Waals surface area contributed by atoms with E-state index in [9.17, 15) is 4.79 Å². The third-order valence-corrected chi connectivity index (χ3v) is 3.15. The van der Waals surface area contributed by atoms with E-state index in [1.807, 2.05) is 0 Å². The molecule has 2 heterocycles. The van der Waals surface area contributed by atoms with E-state index in [0.29, 0.717) is 12.3 Å². The van der Waals surface area contributed by atoms with E-state index in [4.69, 9.17) is 9.47 Å². The molecule has 82 valence electrons. The van der Waals surface area contributed by atoms with Gasteiger partial charge in [0, 0.05) is 12.0 Å². The number of esters is 1. The number of ether oxygens (including phenoxy) is 2. The number of nitrogens with zero attached hydrogens (tertiary/aromatic N) is 1. The van der Waals surface area contributed by atoms with Crippen molar-refractivity contribution in [1.82, 2.24) is 4.98 Å². The smallest absolute Gasteiger partial charge is 0.357 e. The fourth-order valence-corrected chi connectivity index (χ4v) is 2.38. The van der Waals surface area contributed by atoms with E-state index < -0.39 is 0 Å². The Kier molecular flexibility index (Phi) is 3.33. The van der Waals surface area contributed by atoms with Crippen molar-refractivity contribution in [3.63, 3.8) is 0 Å². The first-order chi connectivity index (χ1) is 7.31. The summed E-state index contributed by atoms with van der Waals surface area (Å²) in [6, 6.07) is 0. The summed E-state index contributed by atoms with van der Waals surface area (Å²) < 4.78 is 10.4. The molecule has 0 spiro atoms. The highest BCUT2D eigenvalue weighted by molar-refractivity contribution is 7.09. The lowest BCUT2D eigenvalue weighted by molar-refractivity contribution is 0.0519. The summed E-state index contributed by atoms with van der Waals surface area (Å²) in [6.45, 7) is 2.95. The maximum Gasteiger partial charge on any atom is 0.357 e. The molecule has 2 rings (SSSR count). The van der Waals surface area contributed by atoms with Crippen LogP contribution in [0.25, 0.3) is 0 Å². The molecule has 4 nitrogen and oxygen atoms in total. The SMILES string of the molecule is CCOC(=O)c1csc(C2CCCO2)n1. The van der Waals surface area contributed by atoms with Crippen molar-refractivity contribution in [1.29, 1.82) is 0 Å². The fraction of sp³-hybridized carbons (Fsp3) is 0.600. The van der Waals surface area contributed by atoms with Crippen LogP contribution in [0.1, 0.15) is 41.4 Å². The Morgan fingerprint density at radius 2 is 2.67 bits per heavy atom. The van der Waals surface area contributed by atoms with Crippen molar-refractivity contribution in [2.75, 3.05) is 13.2 Å². The molecule has 1 fully saturated rings. The van der Waals surface area contributed by atoms with Crippen LogP contribution < -0.4 is 0 Å². The maximum absolute atomic E-state index is 11.4. The predicted molar refractivity (Wildman–Crippen MR) is 56.0 cm³/mol. The zero-order chi connectivity index (χ0) is 10.7. The minimum Gasteiger partial charge on any atom is -0.461 e. The zero-order valence-electron chi connectivity index (χ0n) is 8.56. The average Bonchev–Trinajstić information content (AvgIpc) is 2.89. The quantitative estimate of drug-likeness (QED) is 0.742. The molecule has 0 bridgehead atoms. The number of rotatable bonds is 3. The Hall–Kier alpha value is -0.940. The van der Waals surface area contributed by atoms with Gasteiger partial charge in [0.15, 0.2) is 5.69 Å². The predicted octanol–water partition coefficient (Wildman–Crippen LogP) is 2.17. The summed E-state index contributed by atoms with van der Waals surface area (Å²) >= 11 is 1.46. The summed E-state index contributed by atoms with van der Waals surface area (Å²) in [5.74, 6) is -0.349. The first-order valence-electron chi connectivity index (χ1n) is 5.05. The lowest BCUT2D eigenvalue weighted by atomic mass is 10.2. The molecular formula is C10H13NO3S. The minimum atomic E-state index is -0.349. The number of aromatic nitrogens is 1. The minimum absolute atomic E-state index is 0.0816. The summed E-state index contributed by atoms with van der Waals surface area (Å²) in [7, 11) is 0. The molecule has 5 heteroatoms. The average molecular weight is 227 g/mol. The summed E-state index contributed by atoms with van der Waals surface area (Å²) in [6.07, 6.45) is 2.15. The zero-order valence-corrected chi connectivity index (χ0v) is 9.38. The van der Waals surface area contributed by atoms with E-state index in [1.165, 1.54) is 11.3 Å². The summed E-state index contributed by atoms with van der Waals surface area (Å²) in [5, 5.41) is 2.62. The van der Waals surface area contributed by atoms with E-state index >= 15 is 0 Å². The maximum atomic E-state index is 11.4. The number of thiazole rings is 1. The Morgan fingerprint density at radius 1 is 1.80 bits per heavy atom. The van der Waals surface area contributed by atoms with Gasteiger partial charge >= 0.3 is 5.97 Å². The molecule has 1 saturated heterocycles. The van der Waals surface area contributed by atoms with Gasteiger partial charge in [-0.25, -0.2) is 9.78 Å². The van der Waals surface area contributed by atoms with Crippen LogP contribution in [0.5, 0.6) is 0 Å². The van der Waals surface area contributed by atoms with Crippen LogP contribution in [0, 0.1) is 0 Å². The molecule has 0 amide bonds. The van der Waals surface area contributed by atoms with E-state index in [-0.39, 0.29) is 12.1 Å². The monoisotopic (exact) mass is 227 g/mol. The third-order valence-electron chi connectivity index (χ3n) is 2.21. The first kappa shape index (κ1) is 10.6. The fourth-order valence-electron chi connectivity index (χ4n) is 1.51. The molecule has 1 unspecified atom stereocenters. The van der Waals surface area contributed by atoms with E-state index in [2.05, 4.69) is 4.98 Å². The molecule has 0 radical (unpaired) electrons. The highest BCUT2D eigenvalue weighted by atomic mass is 32.1. The van der Waals surface area contributed by atoms with E-state index in [0.717, 1.165) is 24.5 Å². The Balaban J connectivity index is 2.06. The molecule has 1 aliphatic rings. The lowest BCUT2D eigenvalue weighted by Crippen LogP contribution is -2.05. The second-order valence-electron chi connectivity index (χ2n) is 3.29. The van der Waals surface area contributed by atoms with Gasteiger partial charge in [-0.1, -0.05) is 0 Å². The molecule has 1 atom stereocenters. The van der Waals surface area contributed by atoms with Gasteiger partial charge in [0.1, 0.15) is 11.1 Å². The van der Waals surface area contributed by atoms with Crippen molar-refractivity contribution < 1.29 is 14.3 Å². The molecule has 0 N–H and O–H groups in total. The van der Waals surface area contributed by atoms with Gasteiger partial charge in [0.05, 0.1) is 6.61 Å². The Labute approximate surface area is 92.2 Å². The molecule has 0 saturated carbocycles. The summed E-state index contributed by atoms with van der Waals surface area (Å²) in [4.78, 5) is 15.6. The van der Waals surface area contributed by atoms with Gasteiger partial charge in [0.25, 0.3) is 0 Å². The molecule has 15 heavy (non-hydrogen) atoms. The van der Waals surface area contributed by atoms with Gasteiger partial charge in [-0.3, -0.25) is 0 Å². The molecule has 0 aromatic carbocycles. The standard InChI is InChI=1S/C10H13NO3S/c1-2-13-10(12)7-6-15-9(11-7)8-4-3-5-14-8/h6,8H,2-5H2,1H3. The second kappa shape index (κ2) is 4.72. The van der Waals surface area contributed by atoms with Crippen LogP contribution in [0.15, 0.2) is 5.38 Å². The molecule has 1 aromatic heterocycles. The first-order valence-corrected chi connectivity index (χ1v) is 5.93. The highest BCUT2D eigenvalue weighted by Crippen LogP contribution is 2.30. The van der Waals surface area contributed by atoms with E-state index in [1.54, 1.807) is 12.3 Å². The Morgan fingerprint density at radius 3 is 3.33 bits per heavy atom. The van der Waals surface area contributed by atoms with Gasteiger partial charge in [-0.15, -0.1) is 11.3 Å². The molecule has 0 aliphatic carbocycles. The Bertz CT molecular complexity index is 344. The lowest BCUT2D eigenvalue weighted by Gasteiger charge is -2.03. The van der Waals surface area contributed by atoms with Crippen molar-refractivity contribution in [2.45, 2.75) is 25.9 Å². The molecule has 1 aromatic rings. The third kappa shape index (κ3) is 2.35. The van der Waals surface area contributed by atoms with Crippen LogP contribution >= 0.6 is 11.3 Å². The number of hydrogen-bond donors (Lipinski definition) is 0. The van der Waals surface area contributed by atoms with Gasteiger partial charge < -0.3 is 9.47 Å². The largest absolute Gasteiger partial charge is 0.461 e. The van der Waals surface area contributed by atoms with Crippen molar-refractivity contribution >= 4 is 17.3 Å². The van der Waals surface area contributed by atoms with Gasteiger partial charge in [-0.2, -0.15) is 0 Å². The second-order valence-corrected chi connectivity index (χ2v) is 4.18. The number of carbonyl (C=O) groups excluding carboxylic acids is 1. The van der Waals surface area contributed by atoms with Crippen LogP contribution in [0.2, 0.25) is 0 Å². The van der Waals surface area contributed by atoms with Crippen molar-refractivity contribution in [3.05, 3.63) is 16.1 Å². The van der Waals surface area contributed by atoms with Crippen LogP contribution in [-0.2, 0) is 9.47 Å². The molecular weight excluding hydrogens is 214 g/mol. The van der Waals surface area contributed by atoms with Crippen molar-refractivity contribution in [3.8, 4) is 0 Å². The topological polar surface area (TPSA) is 48.4 Å².